The maximum absolute atomic E-state index is 11.2. The topological polar surface area (TPSA) is 78.4 Å². The van der Waals surface area contributed by atoms with Gasteiger partial charge in [-0.25, -0.2) is 4.79 Å². The van der Waals surface area contributed by atoms with Gasteiger partial charge in [0.05, 0.1) is 0 Å². The maximum atomic E-state index is 11.2. The van der Waals surface area contributed by atoms with E-state index in [-0.39, 0.29) is 11.4 Å². The third-order valence-corrected chi connectivity index (χ3v) is 2.68. The van der Waals surface area contributed by atoms with E-state index in [1.54, 1.807) is 12.1 Å². The van der Waals surface area contributed by atoms with Crippen LogP contribution in [0.5, 0.6) is 5.75 Å². The number of rotatable bonds is 1. The molecule has 1 aromatic carbocycles. The molecule has 6 heteroatoms. The van der Waals surface area contributed by atoms with Gasteiger partial charge < -0.3 is 10.4 Å². The molecule has 1 aliphatic heterocycles. The minimum Gasteiger partial charge on any atom is -0.507 e. The number of phenols is 1. The van der Waals surface area contributed by atoms with Crippen molar-refractivity contribution in [2.75, 3.05) is 0 Å². The van der Waals surface area contributed by atoms with Gasteiger partial charge in [0.15, 0.2) is 0 Å². The predicted molar refractivity (Wildman–Crippen MR) is 65.5 cm³/mol. The van der Waals surface area contributed by atoms with E-state index in [1.165, 1.54) is 12.1 Å². The Bertz CT molecular complexity index is 511. The van der Waals surface area contributed by atoms with E-state index in [4.69, 9.17) is 0 Å². The summed E-state index contributed by atoms with van der Waals surface area (Å²) in [5.41, 5.74) is 0.613. The Labute approximate surface area is 105 Å². The molecule has 1 aliphatic rings. The van der Waals surface area contributed by atoms with Gasteiger partial charge in [0, 0.05) is 9.13 Å². The fourth-order valence-electron chi connectivity index (χ4n) is 1.28. The molecule has 0 bridgehead atoms. The van der Waals surface area contributed by atoms with Gasteiger partial charge >= 0.3 is 6.03 Å². The quantitative estimate of drug-likeness (QED) is 0.411. The monoisotopic (exact) mass is 330 g/mol. The number of urea groups is 1. The molecule has 1 heterocycles. The highest BCUT2D eigenvalue weighted by molar-refractivity contribution is 14.1. The molecule has 0 spiro atoms. The molecule has 0 atom stereocenters. The van der Waals surface area contributed by atoms with E-state index in [2.05, 4.69) is 33.2 Å². The molecule has 5 nitrogen and oxygen atoms in total. The maximum Gasteiger partial charge on any atom is 0.326 e. The van der Waals surface area contributed by atoms with Crippen LogP contribution in [0.3, 0.4) is 0 Å². The van der Waals surface area contributed by atoms with Crippen LogP contribution in [-0.2, 0) is 4.79 Å². The van der Waals surface area contributed by atoms with Gasteiger partial charge in [0.1, 0.15) is 11.4 Å². The lowest BCUT2D eigenvalue weighted by Crippen LogP contribution is -2.22. The molecule has 2 rings (SSSR count). The van der Waals surface area contributed by atoms with Crippen molar-refractivity contribution in [2.24, 2.45) is 0 Å². The molecule has 0 aliphatic carbocycles. The lowest BCUT2D eigenvalue weighted by molar-refractivity contribution is -0.115. The Kier molecular flexibility index (Phi) is 2.82. The second kappa shape index (κ2) is 4.12. The van der Waals surface area contributed by atoms with Crippen LogP contribution in [-0.4, -0.2) is 17.0 Å². The van der Waals surface area contributed by atoms with E-state index in [0.717, 1.165) is 3.57 Å². The highest BCUT2D eigenvalue weighted by Crippen LogP contribution is 2.22. The molecule has 3 N–H and O–H groups in total. The minimum atomic E-state index is -0.554. The zero-order valence-electron chi connectivity index (χ0n) is 7.95. The van der Waals surface area contributed by atoms with Gasteiger partial charge in [-0.15, -0.1) is 0 Å². The number of imide groups is 1. The first kappa shape index (κ1) is 10.9. The van der Waals surface area contributed by atoms with Crippen molar-refractivity contribution in [3.8, 4) is 5.75 Å². The molecule has 0 radical (unpaired) electrons. The second-order valence-corrected chi connectivity index (χ2v) is 4.42. The van der Waals surface area contributed by atoms with Crippen molar-refractivity contribution in [1.82, 2.24) is 10.6 Å². The van der Waals surface area contributed by atoms with Crippen molar-refractivity contribution in [3.05, 3.63) is 33.0 Å². The molecule has 1 aromatic rings. The highest BCUT2D eigenvalue weighted by Gasteiger charge is 2.23. The van der Waals surface area contributed by atoms with E-state index < -0.39 is 11.9 Å². The van der Waals surface area contributed by atoms with Gasteiger partial charge in [-0.3, -0.25) is 10.1 Å². The van der Waals surface area contributed by atoms with Crippen molar-refractivity contribution in [1.29, 1.82) is 0 Å². The summed E-state index contributed by atoms with van der Waals surface area (Å²) < 4.78 is 0.923. The number of nitrogens with one attached hydrogen (secondary N) is 2. The number of aromatic hydroxyl groups is 1. The van der Waals surface area contributed by atoms with Gasteiger partial charge in [0.25, 0.3) is 5.91 Å². The van der Waals surface area contributed by atoms with Crippen LogP contribution in [0.2, 0.25) is 0 Å². The minimum absolute atomic E-state index is 0.0573. The first-order valence-corrected chi connectivity index (χ1v) is 5.46. The van der Waals surface area contributed by atoms with Gasteiger partial charge in [-0.2, -0.15) is 0 Å². The van der Waals surface area contributed by atoms with Gasteiger partial charge in [-0.1, -0.05) is 0 Å². The van der Waals surface area contributed by atoms with Crippen LogP contribution in [0.1, 0.15) is 5.56 Å². The van der Waals surface area contributed by atoms with E-state index in [9.17, 15) is 14.7 Å². The first-order valence-electron chi connectivity index (χ1n) is 4.39. The number of halogens is 1. The smallest absolute Gasteiger partial charge is 0.326 e. The number of benzene rings is 1. The van der Waals surface area contributed by atoms with Crippen LogP contribution in [0.15, 0.2) is 23.9 Å². The number of hydrogen-bond acceptors (Lipinski definition) is 3. The Morgan fingerprint density at radius 3 is 2.62 bits per heavy atom. The molecule has 0 unspecified atom stereocenters. The molecule has 1 fully saturated rings. The second-order valence-electron chi connectivity index (χ2n) is 3.17. The molecule has 0 saturated carbocycles. The predicted octanol–water partition coefficient (Wildman–Crippen LogP) is 1.18. The molecular formula is C10H7IN2O3. The molecular weight excluding hydrogens is 323 g/mol. The molecule has 16 heavy (non-hydrogen) atoms. The summed E-state index contributed by atoms with van der Waals surface area (Å²) in [5.74, 6) is -0.440. The fourth-order valence-corrected chi connectivity index (χ4v) is 1.79. The summed E-state index contributed by atoms with van der Waals surface area (Å²) in [6.45, 7) is 0. The Balaban J connectivity index is 2.39. The third kappa shape index (κ3) is 2.16. The summed E-state index contributed by atoms with van der Waals surface area (Å²) in [5, 5.41) is 14.0. The van der Waals surface area contributed by atoms with Crippen molar-refractivity contribution in [3.63, 3.8) is 0 Å². The Morgan fingerprint density at radius 1 is 1.25 bits per heavy atom. The first-order chi connectivity index (χ1) is 7.56. The molecule has 0 aromatic heterocycles. The highest BCUT2D eigenvalue weighted by atomic mass is 127. The van der Waals surface area contributed by atoms with Crippen LogP contribution in [0, 0.1) is 3.57 Å². The summed E-state index contributed by atoms with van der Waals surface area (Å²) in [6.07, 6.45) is 1.43. The number of amides is 3. The van der Waals surface area contributed by atoms with E-state index in [1.807, 2.05) is 0 Å². The normalized spacial score (nSPS) is 17.4. The lowest BCUT2D eigenvalue weighted by Gasteiger charge is -2.00. The third-order valence-electron chi connectivity index (χ3n) is 2.01. The Morgan fingerprint density at radius 2 is 2.00 bits per heavy atom. The summed E-state index contributed by atoms with van der Waals surface area (Å²) >= 11 is 2.09. The largest absolute Gasteiger partial charge is 0.507 e. The zero-order chi connectivity index (χ0) is 11.7. The van der Waals surface area contributed by atoms with Crippen molar-refractivity contribution < 1.29 is 14.7 Å². The number of carbonyl (C=O) groups is 2. The number of hydrogen-bond donors (Lipinski definition) is 3. The summed E-state index contributed by atoms with van der Waals surface area (Å²) in [4.78, 5) is 22.1. The Hall–Kier alpha value is -1.57. The average Bonchev–Trinajstić information content (AvgIpc) is 2.51. The van der Waals surface area contributed by atoms with Crippen molar-refractivity contribution in [2.45, 2.75) is 0 Å². The fraction of sp³-hybridized carbons (Fsp3) is 0. The molecule has 3 amide bonds. The van der Waals surface area contributed by atoms with Crippen LogP contribution < -0.4 is 10.6 Å². The molecule has 1 saturated heterocycles. The standard InChI is InChI=1S/C10H7IN2O3/c11-6-1-2-8(14)5(3-6)4-7-9(15)13-10(16)12-7/h1-4,14H,(H2,12,13,15,16)/b7-4+. The number of carbonyl (C=O) groups excluding carboxylic acids is 2. The van der Waals surface area contributed by atoms with Crippen LogP contribution in [0.25, 0.3) is 6.08 Å². The summed E-state index contributed by atoms with van der Waals surface area (Å²) in [6, 6.07) is 4.43. The van der Waals surface area contributed by atoms with Crippen LogP contribution in [0.4, 0.5) is 4.79 Å². The SMILES string of the molecule is O=C1NC(=O)/C(=C\c2cc(I)ccc2O)N1. The number of phenolic OH excluding ortho intramolecular Hbond substituents is 1. The summed E-state index contributed by atoms with van der Waals surface area (Å²) in [7, 11) is 0. The average molecular weight is 330 g/mol. The molecule has 82 valence electrons. The lowest BCUT2D eigenvalue weighted by atomic mass is 10.1. The van der Waals surface area contributed by atoms with Gasteiger partial charge in [-0.05, 0) is 46.9 Å². The van der Waals surface area contributed by atoms with E-state index in [0.29, 0.717) is 5.56 Å². The van der Waals surface area contributed by atoms with Crippen LogP contribution >= 0.6 is 22.6 Å². The van der Waals surface area contributed by atoms with Gasteiger partial charge in [0.2, 0.25) is 0 Å². The van der Waals surface area contributed by atoms with Crippen molar-refractivity contribution >= 4 is 40.6 Å². The zero-order valence-corrected chi connectivity index (χ0v) is 10.1. The van der Waals surface area contributed by atoms with E-state index >= 15 is 0 Å².